The molecular formula is C16H30O6. The summed E-state index contributed by atoms with van der Waals surface area (Å²) in [5.74, 6) is -1.58. The van der Waals surface area contributed by atoms with Crippen LogP contribution in [0.4, 0.5) is 0 Å². The van der Waals surface area contributed by atoms with Gasteiger partial charge in [0.2, 0.25) is 0 Å². The Morgan fingerprint density at radius 3 is 1.41 bits per heavy atom. The molecule has 0 spiro atoms. The lowest BCUT2D eigenvalue weighted by Crippen LogP contribution is -2.57. The second kappa shape index (κ2) is 9.10. The summed E-state index contributed by atoms with van der Waals surface area (Å²) in [4.78, 5) is 25.0. The van der Waals surface area contributed by atoms with E-state index in [1.165, 1.54) is 0 Å². The van der Waals surface area contributed by atoms with E-state index in [4.69, 9.17) is 18.9 Å². The predicted molar refractivity (Wildman–Crippen MR) is 82.5 cm³/mol. The van der Waals surface area contributed by atoms with Gasteiger partial charge in [-0.25, -0.2) is 9.59 Å². The number of esters is 2. The van der Waals surface area contributed by atoms with Crippen LogP contribution in [-0.2, 0) is 28.5 Å². The molecule has 6 heteroatoms. The van der Waals surface area contributed by atoms with E-state index in [9.17, 15) is 9.59 Å². The summed E-state index contributed by atoms with van der Waals surface area (Å²) in [6, 6.07) is 0. The van der Waals surface area contributed by atoms with Gasteiger partial charge in [-0.2, -0.15) is 0 Å². The van der Waals surface area contributed by atoms with Gasteiger partial charge in [-0.05, 0) is 55.4 Å². The van der Waals surface area contributed by atoms with Crippen molar-refractivity contribution in [2.45, 2.75) is 85.4 Å². The van der Waals surface area contributed by atoms with E-state index in [0.717, 1.165) is 0 Å². The van der Waals surface area contributed by atoms with Crippen LogP contribution in [0, 0.1) is 0 Å². The fourth-order valence-electron chi connectivity index (χ4n) is 1.64. The highest BCUT2D eigenvalue weighted by Crippen LogP contribution is 2.22. The summed E-state index contributed by atoms with van der Waals surface area (Å²) >= 11 is 0. The smallest absolute Gasteiger partial charge is 0.353 e. The quantitative estimate of drug-likeness (QED) is 0.480. The minimum atomic E-state index is -1.91. The maximum atomic E-state index is 12.5. The first-order valence-corrected chi connectivity index (χ1v) is 7.72. The van der Waals surface area contributed by atoms with Gasteiger partial charge in [0, 0.05) is 0 Å². The Morgan fingerprint density at radius 2 is 1.14 bits per heavy atom. The largest absolute Gasteiger partial charge is 0.460 e. The van der Waals surface area contributed by atoms with Gasteiger partial charge in [-0.3, -0.25) is 0 Å². The van der Waals surface area contributed by atoms with E-state index in [2.05, 4.69) is 0 Å². The van der Waals surface area contributed by atoms with Crippen molar-refractivity contribution in [2.24, 2.45) is 0 Å². The minimum Gasteiger partial charge on any atom is -0.460 e. The van der Waals surface area contributed by atoms with Gasteiger partial charge in [-0.1, -0.05) is 0 Å². The van der Waals surface area contributed by atoms with Crippen molar-refractivity contribution in [3.63, 3.8) is 0 Å². The summed E-state index contributed by atoms with van der Waals surface area (Å²) in [6.45, 7) is 13.6. The number of hydrogen-bond donors (Lipinski definition) is 0. The molecule has 0 rings (SSSR count). The van der Waals surface area contributed by atoms with E-state index in [0.29, 0.717) is 0 Å². The Morgan fingerprint density at radius 1 is 0.727 bits per heavy atom. The van der Waals surface area contributed by atoms with Crippen molar-refractivity contribution in [3.8, 4) is 0 Å². The number of carbonyl (C=O) groups is 2. The Balaban J connectivity index is 5.57. The van der Waals surface area contributed by atoms with E-state index in [-0.39, 0.29) is 31.0 Å². The Kier molecular flexibility index (Phi) is 8.63. The lowest BCUT2D eigenvalue weighted by atomic mass is 10.0. The molecule has 0 saturated heterocycles. The first-order valence-electron chi connectivity index (χ1n) is 7.72. The molecule has 0 radical (unpaired) electrons. The van der Waals surface area contributed by atoms with Crippen LogP contribution in [0.25, 0.3) is 0 Å². The summed E-state index contributed by atoms with van der Waals surface area (Å²) < 4.78 is 21.5. The van der Waals surface area contributed by atoms with Gasteiger partial charge < -0.3 is 18.9 Å². The standard InChI is InChI=1S/C16H30O6/c1-10(2)19-9-16(22-13(7)8,14(17)20-11(3)4)15(18)21-12(5)6/h10-13H,9H2,1-8H3. The third-order valence-electron chi connectivity index (χ3n) is 2.40. The van der Waals surface area contributed by atoms with E-state index in [1.807, 2.05) is 13.8 Å². The lowest BCUT2D eigenvalue weighted by molar-refractivity contribution is -0.210. The fraction of sp³-hybridized carbons (Fsp3) is 0.875. The van der Waals surface area contributed by atoms with Gasteiger partial charge >= 0.3 is 11.9 Å². The molecule has 0 heterocycles. The van der Waals surface area contributed by atoms with Crippen LogP contribution in [0.2, 0.25) is 0 Å². The Bertz CT molecular complexity index is 338. The molecule has 0 bridgehead atoms. The van der Waals surface area contributed by atoms with Gasteiger partial charge in [0.15, 0.2) is 0 Å². The van der Waals surface area contributed by atoms with Crippen molar-refractivity contribution < 1.29 is 28.5 Å². The van der Waals surface area contributed by atoms with Crippen molar-refractivity contribution >= 4 is 11.9 Å². The van der Waals surface area contributed by atoms with Crippen LogP contribution in [0.3, 0.4) is 0 Å². The molecule has 0 unspecified atom stereocenters. The highest BCUT2D eigenvalue weighted by Gasteiger charge is 2.52. The van der Waals surface area contributed by atoms with Crippen LogP contribution in [-0.4, -0.2) is 48.6 Å². The molecule has 22 heavy (non-hydrogen) atoms. The maximum Gasteiger partial charge on any atom is 0.353 e. The van der Waals surface area contributed by atoms with E-state index < -0.39 is 17.5 Å². The normalized spacial score (nSPS) is 12.4. The molecule has 0 atom stereocenters. The van der Waals surface area contributed by atoms with Crippen LogP contribution >= 0.6 is 0 Å². The first-order chi connectivity index (χ1) is 10.0. The zero-order valence-corrected chi connectivity index (χ0v) is 15.0. The maximum absolute atomic E-state index is 12.5. The fourth-order valence-corrected chi connectivity index (χ4v) is 1.64. The van der Waals surface area contributed by atoms with Crippen LogP contribution < -0.4 is 0 Å². The molecule has 130 valence electrons. The molecule has 0 aliphatic rings. The van der Waals surface area contributed by atoms with Gasteiger partial charge in [0.05, 0.1) is 31.0 Å². The molecule has 0 aliphatic carbocycles. The number of carbonyl (C=O) groups excluding carboxylic acids is 2. The van der Waals surface area contributed by atoms with Crippen LogP contribution in [0.15, 0.2) is 0 Å². The molecule has 0 saturated carbocycles. The third kappa shape index (κ3) is 6.75. The Hall–Kier alpha value is -1.14. The van der Waals surface area contributed by atoms with Gasteiger partial charge in [-0.15, -0.1) is 0 Å². The topological polar surface area (TPSA) is 71.1 Å². The molecule has 0 aromatic heterocycles. The molecule has 0 aromatic carbocycles. The highest BCUT2D eigenvalue weighted by molar-refractivity contribution is 6.04. The monoisotopic (exact) mass is 318 g/mol. The zero-order valence-electron chi connectivity index (χ0n) is 15.0. The third-order valence-corrected chi connectivity index (χ3v) is 2.40. The molecule has 0 fully saturated rings. The van der Waals surface area contributed by atoms with Crippen molar-refractivity contribution in [1.82, 2.24) is 0 Å². The number of rotatable bonds is 9. The molecular weight excluding hydrogens is 288 g/mol. The van der Waals surface area contributed by atoms with Gasteiger partial charge in [0.1, 0.15) is 0 Å². The molecule has 0 aromatic rings. The molecule has 0 amide bonds. The van der Waals surface area contributed by atoms with E-state index >= 15 is 0 Å². The van der Waals surface area contributed by atoms with Gasteiger partial charge in [0.25, 0.3) is 5.60 Å². The Labute approximate surface area is 133 Å². The second-order valence-electron chi connectivity index (χ2n) is 6.26. The molecule has 6 nitrogen and oxygen atoms in total. The SMILES string of the molecule is CC(C)OCC(OC(C)C)(C(=O)OC(C)C)C(=O)OC(C)C. The predicted octanol–water partition coefficient (Wildman–Crippen LogP) is 2.48. The molecule has 0 N–H and O–H groups in total. The number of hydrogen-bond acceptors (Lipinski definition) is 6. The minimum absolute atomic E-state index is 0.172. The second-order valence-corrected chi connectivity index (χ2v) is 6.26. The van der Waals surface area contributed by atoms with Crippen LogP contribution in [0.1, 0.15) is 55.4 Å². The number of ether oxygens (including phenoxy) is 4. The molecule has 0 aliphatic heterocycles. The summed E-state index contributed by atoms with van der Waals surface area (Å²) in [5.41, 5.74) is -1.91. The first kappa shape index (κ1) is 20.9. The average Bonchev–Trinajstić information content (AvgIpc) is 2.31. The summed E-state index contributed by atoms with van der Waals surface area (Å²) in [6.07, 6.45) is -1.31. The van der Waals surface area contributed by atoms with Crippen molar-refractivity contribution in [3.05, 3.63) is 0 Å². The summed E-state index contributed by atoms with van der Waals surface area (Å²) in [7, 11) is 0. The van der Waals surface area contributed by atoms with Crippen LogP contribution in [0.5, 0.6) is 0 Å². The van der Waals surface area contributed by atoms with E-state index in [1.54, 1.807) is 41.5 Å². The highest BCUT2D eigenvalue weighted by atomic mass is 16.6. The summed E-state index contributed by atoms with van der Waals surface area (Å²) in [5, 5.41) is 0. The van der Waals surface area contributed by atoms with Crippen molar-refractivity contribution in [1.29, 1.82) is 0 Å². The van der Waals surface area contributed by atoms with Crippen molar-refractivity contribution in [2.75, 3.05) is 6.61 Å². The zero-order chi connectivity index (χ0) is 17.5. The average molecular weight is 318 g/mol. The lowest BCUT2D eigenvalue weighted by Gasteiger charge is -2.32.